The molecular formula is C22H23N3O3. The smallest absolute Gasteiger partial charge is 0.335 e. The summed E-state index contributed by atoms with van der Waals surface area (Å²) in [6, 6.07) is 10.5. The molecule has 0 unspecified atom stereocenters. The highest BCUT2D eigenvalue weighted by atomic mass is 16.2. The van der Waals surface area contributed by atoms with E-state index in [2.05, 4.69) is 5.32 Å². The Labute approximate surface area is 164 Å². The van der Waals surface area contributed by atoms with Gasteiger partial charge in [0, 0.05) is 19.8 Å². The summed E-state index contributed by atoms with van der Waals surface area (Å²) in [5, 5.41) is 2.28. The first-order chi connectivity index (χ1) is 13.2. The van der Waals surface area contributed by atoms with Crippen LogP contribution in [-0.4, -0.2) is 31.9 Å². The molecule has 0 atom stereocenters. The molecule has 1 saturated heterocycles. The lowest BCUT2D eigenvalue weighted by Gasteiger charge is -2.29. The number of hydrogen-bond acceptors (Lipinski definition) is 4. The molecule has 0 aromatic heterocycles. The van der Waals surface area contributed by atoms with E-state index in [0.717, 1.165) is 27.3 Å². The van der Waals surface area contributed by atoms with Crippen LogP contribution < -0.4 is 15.1 Å². The summed E-state index contributed by atoms with van der Waals surface area (Å²) >= 11 is 0. The van der Waals surface area contributed by atoms with E-state index >= 15 is 0 Å². The number of amides is 4. The number of barbiturate groups is 1. The number of carbonyl (C=O) groups excluding carboxylic acids is 3. The Morgan fingerprint density at radius 3 is 2.04 bits per heavy atom. The van der Waals surface area contributed by atoms with Gasteiger partial charge in [0.2, 0.25) is 0 Å². The van der Waals surface area contributed by atoms with Crippen LogP contribution in [0.4, 0.5) is 16.2 Å². The van der Waals surface area contributed by atoms with E-state index in [4.69, 9.17) is 0 Å². The number of anilines is 2. The molecule has 0 saturated carbocycles. The summed E-state index contributed by atoms with van der Waals surface area (Å²) in [6.07, 6.45) is 1.51. The number of imide groups is 2. The molecule has 144 valence electrons. The zero-order valence-corrected chi connectivity index (χ0v) is 16.7. The van der Waals surface area contributed by atoms with Crippen molar-refractivity contribution < 1.29 is 14.4 Å². The molecule has 0 radical (unpaired) electrons. The van der Waals surface area contributed by atoms with Gasteiger partial charge < -0.3 is 4.90 Å². The summed E-state index contributed by atoms with van der Waals surface area (Å²) in [6.45, 7) is 5.64. The Kier molecular flexibility index (Phi) is 5.05. The highest BCUT2D eigenvalue weighted by Gasteiger charge is 2.38. The van der Waals surface area contributed by atoms with Crippen LogP contribution in [0.25, 0.3) is 6.08 Å². The fraction of sp³-hybridized carbons (Fsp3) is 0.227. The lowest BCUT2D eigenvalue weighted by atomic mass is 10.0. The topological polar surface area (TPSA) is 69.7 Å². The van der Waals surface area contributed by atoms with Crippen LogP contribution in [0.1, 0.15) is 22.3 Å². The molecule has 0 spiro atoms. The first-order valence-electron chi connectivity index (χ1n) is 8.95. The maximum absolute atomic E-state index is 13.1. The molecule has 28 heavy (non-hydrogen) atoms. The lowest BCUT2D eigenvalue weighted by Crippen LogP contribution is -2.54. The second kappa shape index (κ2) is 7.31. The van der Waals surface area contributed by atoms with Crippen molar-refractivity contribution in [2.24, 2.45) is 0 Å². The molecule has 4 amide bonds. The summed E-state index contributed by atoms with van der Waals surface area (Å²) in [5.41, 5.74) is 4.78. The van der Waals surface area contributed by atoms with E-state index in [9.17, 15) is 14.4 Å². The third kappa shape index (κ3) is 3.53. The third-order valence-corrected chi connectivity index (χ3v) is 4.68. The number of urea groups is 1. The number of rotatable bonds is 3. The molecule has 1 aliphatic rings. The first-order valence-corrected chi connectivity index (χ1v) is 8.95. The monoisotopic (exact) mass is 377 g/mol. The van der Waals surface area contributed by atoms with Gasteiger partial charge in [0.25, 0.3) is 11.8 Å². The summed E-state index contributed by atoms with van der Waals surface area (Å²) in [4.78, 5) is 40.9. The predicted octanol–water partition coefficient (Wildman–Crippen LogP) is 3.34. The number of nitrogens with one attached hydrogen (secondary N) is 1. The van der Waals surface area contributed by atoms with Crippen LogP contribution in [0, 0.1) is 20.8 Å². The van der Waals surface area contributed by atoms with Crippen LogP contribution >= 0.6 is 0 Å². The lowest BCUT2D eigenvalue weighted by molar-refractivity contribution is -0.122. The molecular weight excluding hydrogens is 354 g/mol. The highest BCUT2D eigenvalue weighted by Crippen LogP contribution is 2.29. The van der Waals surface area contributed by atoms with Crippen molar-refractivity contribution >= 4 is 35.3 Å². The van der Waals surface area contributed by atoms with Crippen LogP contribution in [-0.2, 0) is 9.59 Å². The van der Waals surface area contributed by atoms with E-state index in [1.807, 2.05) is 76.2 Å². The molecule has 1 heterocycles. The van der Waals surface area contributed by atoms with Crippen molar-refractivity contribution in [2.75, 3.05) is 23.9 Å². The van der Waals surface area contributed by atoms with E-state index in [0.29, 0.717) is 11.3 Å². The molecule has 1 N–H and O–H groups in total. The van der Waals surface area contributed by atoms with Gasteiger partial charge in [0.05, 0.1) is 5.69 Å². The number of benzene rings is 2. The minimum absolute atomic E-state index is 0.0726. The second-order valence-electron chi connectivity index (χ2n) is 7.19. The zero-order valence-electron chi connectivity index (χ0n) is 16.7. The Bertz CT molecular complexity index is 981. The first kappa shape index (κ1) is 19.4. The number of hydrogen-bond donors (Lipinski definition) is 1. The maximum Gasteiger partial charge on any atom is 0.335 e. The molecule has 0 aliphatic carbocycles. The Morgan fingerprint density at radius 1 is 0.929 bits per heavy atom. The third-order valence-electron chi connectivity index (χ3n) is 4.68. The van der Waals surface area contributed by atoms with E-state index in [-0.39, 0.29) is 5.57 Å². The minimum atomic E-state index is -0.731. The molecule has 6 nitrogen and oxygen atoms in total. The summed E-state index contributed by atoms with van der Waals surface area (Å²) in [7, 11) is 3.86. The van der Waals surface area contributed by atoms with Gasteiger partial charge in [-0.25, -0.2) is 9.69 Å². The second-order valence-corrected chi connectivity index (χ2v) is 7.19. The van der Waals surface area contributed by atoms with Gasteiger partial charge in [-0.3, -0.25) is 14.9 Å². The molecule has 1 aliphatic heterocycles. The van der Waals surface area contributed by atoms with Gasteiger partial charge >= 0.3 is 6.03 Å². The Hall–Kier alpha value is -3.41. The van der Waals surface area contributed by atoms with Gasteiger partial charge in [-0.05, 0) is 55.7 Å². The highest BCUT2D eigenvalue weighted by molar-refractivity contribution is 6.39. The largest absolute Gasteiger partial charge is 0.378 e. The molecule has 2 aromatic rings. The summed E-state index contributed by atoms with van der Waals surface area (Å²) in [5.74, 6) is -1.31. The number of carbonyl (C=O) groups is 3. The van der Waals surface area contributed by atoms with Gasteiger partial charge in [-0.15, -0.1) is 0 Å². The van der Waals surface area contributed by atoms with Crippen molar-refractivity contribution in [1.82, 2.24) is 5.32 Å². The fourth-order valence-corrected chi connectivity index (χ4v) is 3.42. The van der Waals surface area contributed by atoms with Gasteiger partial charge in [-0.1, -0.05) is 29.8 Å². The van der Waals surface area contributed by atoms with Crippen LogP contribution in [0.5, 0.6) is 0 Å². The Balaban J connectivity index is 2.03. The minimum Gasteiger partial charge on any atom is -0.378 e. The Morgan fingerprint density at radius 2 is 1.50 bits per heavy atom. The molecule has 3 rings (SSSR count). The maximum atomic E-state index is 13.1. The number of nitrogens with zero attached hydrogens (tertiary/aromatic N) is 2. The molecule has 6 heteroatoms. The van der Waals surface area contributed by atoms with Crippen LogP contribution in [0.2, 0.25) is 0 Å². The predicted molar refractivity (Wildman–Crippen MR) is 110 cm³/mol. The average molecular weight is 377 g/mol. The van der Waals surface area contributed by atoms with Gasteiger partial charge in [-0.2, -0.15) is 0 Å². The van der Waals surface area contributed by atoms with E-state index < -0.39 is 17.8 Å². The van der Waals surface area contributed by atoms with Gasteiger partial charge in [0.15, 0.2) is 0 Å². The average Bonchev–Trinajstić information content (AvgIpc) is 2.61. The standard InChI is InChI=1S/C22H23N3O3/c1-13-10-14(2)19(15(3)11-13)25-21(27)18(20(26)23-22(25)28)12-16-6-8-17(9-7-16)24(4)5/h6-12H,1-5H3,(H,23,26,28)/b18-12-. The van der Waals surface area contributed by atoms with Crippen molar-refractivity contribution in [1.29, 1.82) is 0 Å². The molecule has 1 fully saturated rings. The van der Waals surface area contributed by atoms with Crippen molar-refractivity contribution in [2.45, 2.75) is 20.8 Å². The SMILES string of the molecule is Cc1cc(C)c(N2C(=O)NC(=O)/C(=C/c3ccc(N(C)C)cc3)C2=O)c(C)c1. The van der Waals surface area contributed by atoms with E-state index in [1.54, 1.807) is 0 Å². The van der Waals surface area contributed by atoms with Crippen molar-refractivity contribution in [3.8, 4) is 0 Å². The van der Waals surface area contributed by atoms with Crippen molar-refractivity contribution in [3.05, 3.63) is 64.2 Å². The van der Waals surface area contributed by atoms with Crippen molar-refractivity contribution in [3.63, 3.8) is 0 Å². The zero-order chi connectivity index (χ0) is 20.6. The normalized spacial score (nSPS) is 15.8. The van der Waals surface area contributed by atoms with Gasteiger partial charge in [0.1, 0.15) is 5.57 Å². The molecule has 2 aromatic carbocycles. The summed E-state index contributed by atoms with van der Waals surface area (Å²) < 4.78 is 0. The van der Waals surface area contributed by atoms with Crippen LogP contribution in [0.3, 0.4) is 0 Å². The van der Waals surface area contributed by atoms with E-state index in [1.165, 1.54) is 6.08 Å². The fourth-order valence-electron chi connectivity index (χ4n) is 3.42. The van der Waals surface area contributed by atoms with Crippen LogP contribution in [0.15, 0.2) is 42.0 Å². The quantitative estimate of drug-likeness (QED) is 0.658. The molecule has 0 bridgehead atoms. The number of aryl methyl sites for hydroxylation is 3.